The molecular weight excluding hydrogens is 274 g/mol. The van der Waals surface area contributed by atoms with Crippen LogP contribution in [0.5, 0.6) is 0 Å². The molecule has 2 aliphatic heterocycles. The second-order valence-corrected chi connectivity index (χ2v) is 5.74. The van der Waals surface area contributed by atoms with Crippen molar-refractivity contribution in [1.29, 1.82) is 0 Å². The van der Waals surface area contributed by atoms with Gasteiger partial charge in [-0.1, -0.05) is 0 Å². The molecule has 1 amide bonds. The number of hydrogen-bond acceptors (Lipinski definition) is 6. The molecule has 2 fully saturated rings. The molecule has 0 radical (unpaired) electrons. The Morgan fingerprint density at radius 3 is 3.14 bits per heavy atom. The molecular formula is C14H21N3O4. The van der Waals surface area contributed by atoms with E-state index in [-0.39, 0.29) is 24.7 Å². The van der Waals surface area contributed by atoms with Crippen LogP contribution in [0.15, 0.2) is 10.8 Å². The average Bonchev–Trinajstić information content (AvgIpc) is 3.04. The van der Waals surface area contributed by atoms with Gasteiger partial charge in [-0.15, -0.1) is 0 Å². The van der Waals surface area contributed by atoms with Gasteiger partial charge in [-0.25, -0.2) is 4.98 Å². The van der Waals surface area contributed by atoms with Gasteiger partial charge in [0.25, 0.3) is 5.91 Å². The van der Waals surface area contributed by atoms with E-state index in [9.17, 15) is 4.79 Å². The highest BCUT2D eigenvalue weighted by atomic mass is 16.5. The van der Waals surface area contributed by atoms with Gasteiger partial charge in [0.05, 0.1) is 12.7 Å². The zero-order valence-electron chi connectivity index (χ0n) is 12.1. The Labute approximate surface area is 123 Å². The maximum absolute atomic E-state index is 12.1. The van der Waals surface area contributed by atoms with Crippen LogP contribution in [0.2, 0.25) is 0 Å². The second-order valence-electron chi connectivity index (χ2n) is 5.74. The maximum Gasteiger partial charge on any atom is 0.273 e. The van der Waals surface area contributed by atoms with Crippen LogP contribution in [-0.2, 0) is 4.74 Å². The Hall–Kier alpha value is -1.44. The number of amides is 1. The number of morpholine rings is 1. The van der Waals surface area contributed by atoms with Gasteiger partial charge in [0.2, 0.25) is 0 Å². The van der Waals surface area contributed by atoms with Crippen LogP contribution >= 0.6 is 0 Å². The van der Waals surface area contributed by atoms with Crippen molar-refractivity contribution in [2.75, 3.05) is 26.3 Å². The van der Waals surface area contributed by atoms with E-state index in [1.54, 1.807) is 6.92 Å². The van der Waals surface area contributed by atoms with Gasteiger partial charge in [0.1, 0.15) is 5.76 Å². The third-order valence-corrected chi connectivity index (χ3v) is 4.24. The zero-order chi connectivity index (χ0) is 14.8. The van der Waals surface area contributed by atoms with Gasteiger partial charge in [-0.2, -0.15) is 0 Å². The molecule has 7 heteroatoms. The molecule has 0 bridgehead atoms. The van der Waals surface area contributed by atoms with Crippen LogP contribution < -0.4 is 5.32 Å². The van der Waals surface area contributed by atoms with Crippen LogP contribution in [0, 0.1) is 6.92 Å². The molecule has 2 aliphatic rings. The lowest BCUT2D eigenvalue weighted by Crippen LogP contribution is -2.46. The molecule has 0 aliphatic carbocycles. The second kappa shape index (κ2) is 6.13. The molecule has 21 heavy (non-hydrogen) atoms. The first-order valence-electron chi connectivity index (χ1n) is 7.35. The summed E-state index contributed by atoms with van der Waals surface area (Å²) < 4.78 is 10.8. The lowest BCUT2D eigenvalue weighted by molar-refractivity contribution is -0.0566. The van der Waals surface area contributed by atoms with Gasteiger partial charge in [0, 0.05) is 31.8 Å². The topological polar surface area (TPSA) is 87.8 Å². The Bertz CT molecular complexity index is 504. The quantitative estimate of drug-likeness (QED) is 0.809. The fourth-order valence-electron chi connectivity index (χ4n) is 3.14. The molecule has 0 saturated carbocycles. The van der Waals surface area contributed by atoms with Crippen LogP contribution in [-0.4, -0.2) is 65.4 Å². The maximum atomic E-state index is 12.1. The molecule has 7 nitrogen and oxygen atoms in total. The van der Waals surface area contributed by atoms with E-state index in [1.807, 2.05) is 0 Å². The van der Waals surface area contributed by atoms with Crippen molar-refractivity contribution in [1.82, 2.24) is 15.2 Å². The number of hydrogen-bond donors (Lipinski definition) is 2. The summed E-state index contributed by atoms with van der Waals surface area (Å²) in [6.07, 6.45) is 2.93. The number of aliphatic hydroxyl groups is 1. The van der Waals surface area contributed by atoms with E-state index in [2.05, 4.69) is 15.2 Å². The van der Waals surface area contributed by atoms with Crippen molar-refractivity contribution in [3.63, 3.8) is 0 Å². The highest BCUT2D eigenvalue weighted by molar-refractivity contribution is 5.93. The summed E-state index contributed by atoms with van der Waals surface area (Å²) in [7, 11) is 0. The predicted octanol–water partition coefficient (Wildman–Crippen LogP) is -0.0631. The molecule has 0 aromatic carbocycles. The Morgan fingerprint density at radius 1 is 1.57 bits per heavy atom. The number of carbonyl (C=O) groups excluding carboxylic acids is 1. The van der Waals surface area contributed by atoms with E-state index >= 15 is 0 Å². The van der Waals surface area contributed by atoms with E-state index in [4.69, 9.17) is 14.3 Å². The minimum Gasteiger partial charge on any atom is -0.448 e. The number of carbonyl (C=O) groups is 1. The Morgan fingerprint density at radius 2 is 2.43 bits per heavy atom. The predicted molar refractivity (Wildman–Crippen MR) is 73.9 cm³/mol. The molecule has 3 atom stereocenters. The standard InChI is InChI=1S/C14H21N3O4/c1-9-13(15-8-21-9)14(19)16-10-4-11-7-20-12(2-3-18)6-17(11)5-10/h8,10-12,18H,2-7H2,1H3,(H,16,19)/t10-,11-,12-/m0/s1. The van der Waals surface area contributed by atoms with Gasteiger partial charge < -0.3 is 19.6 Å². The Kier molecular flexibility index (Phi) is 4.23. The van der Waals surface area contributed by atoms with Crippen molar-refractivity contribution in [2.45, 2.75) is 38.0 Å². The summed E-state index contributed by atoms with van der Waals surface area (Å²) >= 11 is 0. The van der Waals surface area contributed by atoms with Gasteiger partial charge in [-0.05, 0) is 19.8 Å². The van der Waals surface area contributed by atoms with Crippen molar-refractivity contribution >= 4 is 5.91 Å². The van der Waals surface area contributed by atoms with Gasteiger partial charge in [0.15, 0.2) is 12.1 Å². The first kappa shape index (κ1) is 14.5. The lowest BCUT2D eigenvalue weighted by Gasteiger charge is -2.34. The molecule has 0 unspecified atom stereocenters. The third kappa shape index (κ3) is 3.09. The first-order valence-corrected chi connectivity index (χ1v) is 7.35. The molecule has 3 heterocycles. The Balaban J connectivity index is 1.55. The third-order valence-electron chi connectivity index (χ3n) is 4.24. The zero-order valence-corrected chi connectivity index (χ0v) is 12.1. The molecule has 3 rings (SSSR count). The SMILES string of the molecule is Cc1ocnc1C(=O)N[C@H]1C[C@H]2CO[C@@H](CCO)CN2C1. The summed E-state index contributed by atoms with van der Waals surface area (Å²) in [5, 5.41) is 12.0. The summed E-state index contributed by atoms with van der Waals surface area (Å²) in [4.78, 5) is 18.4. The lowest BCUT2D eigenvalue weighted by atomic mass is 10.1. The minimum absolute atomic E-state index is 0.0958. The van der Waals surface area contributed by atoms with E-state index < -0.39 is 0 Å². The normalized spacial score (nSPS) is 29.3. The summed E-state index contributed by atoms with van der Waals surface area (Å²) in [5.41, 5.74) is 0.356. The summed E-state index contributed by atoms with van der Waals surface area (Å²) in [5.74, 6) is 0.355. The minimum atomic E-state index is -0.182. The number of aliphatic hydroxyl groups excluding tert-OH is 1. The average molecular weight is 295 g/mol. The fraction of sp³-hybridized carbons (Fsp3) is 0.714. The number of nitrogens with one attached hydrogen (secondary N) is 1. The van der Waals surface area contributed by atoms with Crippen molar-refractivity contribution in [3.05, 3.63) is 17.8 Å². The smallest absolute Gasteiger partial charge is 0.273 e. The number of aryl methyl sites for hydroxylation is 1. The molecule has 1 aromatic rings. The van der Waals surface area contributed by atoms with Crippen LogP contribution in [0.4, 0.5) is 0 Å². The summed E-state index contributed by atoms with van der Waals surface area (Å²) in [6, 6.07) is 0.457. The summed E-state index contributed by atoms with van der Waals surface area (Å²) in [6.45, 7) is 4.18. The number of rotatable bonds is 4. The first-order chi connectivity index (χ1) is 10.2. The largest absolute Gasteiger partial charge is 0.448 e. The van der Waals surface area contributed by atoms with E-state index in [0.717, 1.165) is 19.5 Å². The van der Waals surface area contributed by atoms with Gasteiger partial charge >= 0.3 is 0 Å². The van der Waals surface area contributed by atoms with Crippen LogP contribution in [0.3, 0.4) is 0 Å². The van der Waals surface area contributed by atoms with E-state index in [1.165, 1.54) is 6.39 Å². The van der Waals surface area contributed by atoms with Crippen molar-refractivity contribution in [3.8, 4) is 0 Å². The number of ether oxygens (including phenoxy) is 1. The highest BCUT2D eigenvalue weighted by Gasteiger charge is 2.38. The van der Waals surface area contributed by atoms with Gasteiger partial charge in [-0.3, -0.25) is 9.69 Å². The number of oxazole rings is 1. The molecule has 0 spiro atoms. The van der Waals surface area contributed by atoms with E-state index in [0.29, 0.717) is 30.5 Å². The van der Waals surface area contributed by atoms with Crippen LogP contribution in [0.1, 0.15) is 29.1 Å². The highest BCUT2D eigenvalue weighted by Crippen LogP contribution is 2.24. The number of aromatic nitrogens is 1. The fourth-order valence-corrected chi connectivity index (χ4v) is 3.14. The monoisotopic (exact) mass is 295 g/mol. The molecule has 2 saturated heterocycles. The van der Waals surface area contributed by atoms with Crippen LogP contribution in [0.25, 0.3) is 0 Å². The van der Waals surface area contributed by atoms with Crippen molar-refractivity contribution < 1.29 is 19.1 Å². The number of fused-ring (bicyclic) bond motifs is 1. The van der Waals surface area contributed by atoms with Crippen molar-refractivity contribution in [2.24, 2.45) is 0 Å². The molecule has 116 valence electrons. The molecule has 2 N–H and O–H groups in total. The number of nitrogens with zero attached hydrogens (tertiary/aromatic N) is 2. The molecule has 1 aromatic heterocycles.